The summed E-state index contributed by atoms with van der Waals surface area (Å²) < 4.78 is 6.10. The number of carbonyl (C=O) groups excluding carboxylic acids is 2. The normalized spacial score (nSPS) is 10.7. The molecule has 0 aliphatic carbocycles. The number of nitrogens with zero attached hydrogens (tertiary/aromatic N) is 3. The molecule has 0 fully saturated rings. The van der Waals surface area contributed by atoms with E-state index in [0.29, 0.717) is 11.4 Å². The molecular weight excluding hydrogens is 368 g/mol. The number of primary amides is 1. The van der Waals surface area contributed by atoms with Crippen molar-refractivity contribution in [3.8, 4) is 10.8 Å². The van der Waals surface area contributed by atoms with Crippen LogP contribution in [0.15, 0.2) is 57.1 Å². The predicted molar refractivity (Wildman–Crippen MR) is 99.7 cm³/mol. The molecule has 2 N–H and O–H groups in total. The van der Waals surface area contributed by atoms with E-state index in [0.717, 1.165) is 10.2 Å². The third kappa shape index (κ3) is 4.91. The van der Waals surface area contributed by atoms with E-state index in [9.17, 15) is 14.4 Å². The van der Waals surface area contributed by atoms with Gasteiger partial charge in [0.15, 0.2) is 0 Å². The molecule has 27 heavy (non-hydrogen) atoms. The van der Waals surface area contributed by atoms with Gasteiger partial charge in [0.05, 0.1) is 4.88 Å². The van der Waals surface area contributed by atoms with Gasteiger partial charge in [-0.1, -0.05) is 36.4 Å². The van der Waals surface area contributed by atoms with Crippen LogP contribution in [0.3, 0.4) is 0 Å². The van der Waals surface area contributed by atoms with E-state index in [-0.39, 0.29) is 31.3 Å². The molecule has 8 nitrogen and oxygen atoms in total. The van der Waals surface area contributed by atoms with Crippen LogP contribution in [-0.4, -0.2) is 33.0 Å². The van der Waals surface area contributed by atoms with Gasteiger partial charge < -0.3 is 15.1 Å². The molecule has 0 saturated heterocycles. The number of rotatable bonds is 8. The first kappa shape index (κ1) is 18.6. The van der Waals surface area contributed by atoms with Crippen LogP contribution in [0.4, 0.5) is 0 Å². The fraction of sp³-hybridized carbons (Fsp3) is 0.222. The molecule has 2 amide bonds. The summed E-state index contributed by atoms with van der Waals surface area (Å²) in [6.45, 7) is 0.185. The van der Waals surface area contributed by atoms with Gasteiger partial charge in [0.2, 0.25) is 11.8 Å². The van der Waals surface area contributed by atoms with Gasteiger partial charge in [-0.3, -0.25) is 9.59 Å². The molecule has 3 rings (SSSR count). The zero-order valence-corrected chi connectivity index (χ0v) is 15.2. The molecule has 9 heteroatoms. The molecule has 0 aliphatic rings. The van der Waals surface area contributed by atoms with Gasteiger partial charge in [-0.25, -0.2) is 4.79 Å². The van der Waals surface area contributed by atoms with Crippen molar-refractivity contribution in [3.63, 3.8) is 0 Å². The maximum absolute atomic E-state index is 12.7. The van der Waals surface area contributed by atoms with Gasteiger partial charge in [-0.2, -0.15) is 4.68 Å². The maximum Gasteiger partial charge on any atom is 0.437 e. The molecule has 0 spiro atoms. The summed E-state index contributed by atoms with van der Waals surface area (Å²) >= 11 is 1.38. The second-order valence-electron chi connectivity index (χ2n) is 5.83. The molecule has 1 aromatic carbocycles. The zero-order chi connectivity index (χ0) is 19.2. The van der Waals surface area contributed by atoms with Gasteiger partial charge in [0, 0.05) is 19.5 Å². The second-order valence-corrected chi connectivity index (χ2v) is 6.77. The van der Waals surface area contributed by atoms with Crippen LogP contribution in [0.5, 0.6) is 0 Å². The third-order valence-electron chi connectivity index (χ3n) is 3.82. The van der Waals surface area contributed by atoms with Crippen LogP contribution in [0.1, 0.15) is 12.0 Å². The minimum Gasteiger partial charge on any atom is -0.387 e. The van der Waals surface area contributed by atoms with E-state index in [2.05, 4.69) is 5.10 Å². The average molecular weight is 386 g/mol. The molecule has 0 atom stereocenters. The predicted octanol–water partition coefficient (Wildman–Crippen LogP) is 1.47. The van der Waals surface area contributed by atoms with E-state index in [1.54, 1.807) is 6.07 Å². The first-order valence-corrected chi connectivity index (χ1v) is 9.12. The Labute approximate surface area is 158 Å². The SMILES string of the molecule is NC(=O)CCN(Cc1ccccc1)C(=O)Cn1nc(-c2cccs2)oc1=O. The Morgan fingerprint density at radius 2 is 1.96 bits per heavy atom. The minimum absolute atomic E-state index is 0.0345. The molecule has 0 bridgehead atoms. The number of carbonyl (C=O) groups is 2. The lowest BCUT2D eigenvalue weighted by Gasteiger charge is -2.22. The number of aromatic nitrogens is 2. The number of benzene rings is 1. The quantitative estimate of drug-likeness (QED) is 0.630. The van der Waals surface area contributed by atoms with E-state index < -0.39 is 11.7 Å². The Balaban J connectivity index is 1.75. The average Bonchev–Trinajstić information content (AvgIpc) is 3.29. The van der Waals surface area contributed by atoms with Gasteiger partial charge in [0.1, 0.15) is 6.54 Å². The van der Waals surface area contributed by atoms with Gasteiger partial charge >= 0.3 is 5.76 Å². The van der Waals surface area contributed by atoms with E-state index >= 15 is 0 Å². The Hall–Kier alpha value is -3.20. The highest BCUT2D eigenvalue weighted by molar-refractivity contribution is 7.13. The van der Waals surface area contributed by atoms with Crippen molar-refractivity contribution in [2.45, 2.75) is 19.5 Å². The fourth-order valence-electron chi connectivity index (χ4n) is 2.48. The van der Waals surface area contributed by atoms with Crippen molar-refractivity contribution in [1.29, 1.82) is 0 Å². The molecule has 3 aromatic rings. The lowest BCUT2D eigenvalue weighted by atomic mass is 10.2. The van der Waals surface area contributed by atoms with Crippen molar-refractivity contribution in [3.05, 3.63) is 64.0 Å². The van der Waals surface area contributed by atoms with Crippen LogP contribution in [0.2, 0.25) is 0 Å². The largest absolute Gasteiger partial charge is 0.437 e. The van der Waals surface area contributed by atoms with E-state index in [4.69, 9.17) is 10.2 Å². The first-order chi connectivity index (χ1) is 13.0. The van der Waals surface area contributed by atoms with E-state index in [1.165, 1.54) is 16.2 Å². The highest BCUT2D eigenvalue weighted by Gasteiger charge is 2.19. The molecule has 0 unspecified atom stereocenters. The van der Waals surface area contributed by atoms with Crippen LogP contribution >= 0.6 is 11.3 Å². The molecule has 140 valence electrons. The van der Waals surface area contributed by atoms with Crippen molar-refractivity contribution < 1.29 is 14.0 Å². The van der Waals surface area contributed by atoms with Crippen LogP contribution in [0.25, 0.3) is 10.8 Å². The lowest BCUT2D eigenvalue weighted by Crippen LogP contribution is -2.37. The molecule has 0 aliphatic heterocycles. The Morgan fingerprint density at radius 3 is 2.63 bits per heavy atom. The van der Waals surface area contributed by atoms with Crippen LogP contribution in [0, 0.1) is 0 Å². The Bertz CT molecular complexity index is 963. The summed E-state index contributed by atoms with van der Waals surface area (Å²) in [5.41, 5.74) is 6.11. The highest BCUT2D eigenvalue weighted by Crippen LogP contribution is 2.21. The zero-order valence-electron chi connectivity index (χ0n) is 14.4. The fourth-order valence-corrected chi connectivity index (χ4v) is 3.12. The summed E-state index contributed by atoms with van der Waals surface area (Å²) in [6, 6.07) is 12.9. The number of amides is 2. The minimum atomic E-state index is -0.707. The molecular formula is C18H18N4O4S. The monoisotopic (exact) mass is 386 g/mol. The second kappa shape index (κ2) is 8.45. The third-order valence-corrected chi connectivity index (χ3v) is 4.68. The summed E-state index contributed by atoms with van der Waals surface area (Å²) in [4.78, 5) is 38.0. The summed E-state index contributed by atoms with van der Waals surface area (Å²) in [5.74, 6) is -1.39. The number of hydrogen-bond donors (Lipinski definition) is 1. The van der Waals surface area contributed by atoms with Crippen molar-refractivity contribution in [1.82, 2.24) is 14.7 Å². The van der Waals surface area contributed by atoms with Crippen molar-refractivity contribution >= 4 is 23.2 Å². The Kier molecular flexibility index (Phi) is 5.82. The van der Waals surface area contributed by atoms with Gasteiger partial charge in [-0.15, -0.1) is 16.4 Å². The topological polar surface area (TPSA) is 111 Å². The number of hydrogen-bond acceptors (Lipinski definition) is 6. The van der Waals surface area contributed by atoms with E-state index in [1.807, 2.05) is 41.8 Å². The number of nitrogens with two attached hydrogens (primary N) is 1. The highest BCUT2D eigenvalue weighted by atomic mass is 32.1. The van der Waals surface area contributed by atoms with Gasteiger partial charge in [-0.05, 0) is 17.0 Å². The Morgan fingerprint density at radius 1 is 1.19 bits per heavy atom. The smallest absolute Gasteiger partial charge is 0.387 e. The lowest BCUT2D eigenvalue weighted by molar-refractivity contribution is -0.133. The molecule has 0 saturated carbocycles. The summed E-state index contributed by atoms with van der Waals surface area (Å²) in [5, 5.41) is 5.92. The molecule has 0 radical (unpaired) electrons. The van der Waals surface area contributed by atoms with Crippen LogP contribution in [-0.2, 0) is 22.7 Å². The standard InChI is InChI=1S/C18H18N4O4S/c19-15(23)8-9-21(11-13-5-2-1-3-6-13)16(24)12-22-18(25)26-17(20-22)14-7-4-10-27-14/h1-7,10H,8-9,11-12H2,(H2,19,23). The first-order valence-electron chi connectivity index (χ1n) is 8.25. The number of thiophene rings is 1. The van der Waals surface area contributed by atoms with Gasteiger partial charge in [0.25, 0.3) is 5.89 Å². The molecule has 2 aromatic heterocycles. The maximum atomic E-state index is 12.7. The van der Waals surface area contributed by atoms with Crippen molar-refractivity contribution in [2.75, 3.05) is 6.54 Å². The summed E-state index contributed by atoms with van der Waals surface area (Å²) in [6.07, 6.45) is 0.0345. The molecule has 2 heterocycles. The van der Waals surface area contributed by atoms with Crippen LogP contribution < -0.4 is 11.5 Å². The van der Waals surface area contributed by atoms with Crippen molar-refractivity contribution in [2.24, 2.45) is 5.73 Å². The summed E-state index contributed by atoms with van der Waals surface area (Å²) in [7, 11) is 0.